The van der Waals surface area contributed by atoms with Crippen molar-refractivity contribution in [1.29, 1.82) is 0 Å². The van der Waals surface area contributed by atoms with E-state index in [0.29, 0.717) is 11.5 Å². The molecule has 2 aromatic heterocycles. The molecule has 2 aliphatic rings. The molecule has 0 amide bonds. The Morgan fingerprint density at radius 1 is 1.11 bits per heavy atom. The Bertz CT molecular complexity index is 1090. The third kappa shape index (κ3) is 3.40. The van der Waals surface area contributed by atoms with Gasteiger partial charge in [0.25, 0.3) is 0 Å². The maximum Gasteiger partial charge on any atom is 0.156 e. The molecule has 2 aliphatic heterocycles. The lowest BCUT2D eigenvalue weighted by Gasteiger charge is -2.35. The van der Waals surface area contributed by atoms with Crippen LogP contribution in [0.1, 0.15) is 6.42 Å². The first-order valence-corrected chi connectivity index (χ1v) is 12.3. The zero-order valence-electron chi connectivity index (χ0n) is 15.5. The first-order valence-electron chi connectivity index (χ1n) is 9.69. The number of hydrogen-bond acceptors (Lipinski definition) is 6. The number of anilines is 1. The molecule has 5 rings (SSSR count). The number of quaternary nitrogens is 1. The van der Waals surface area contributed by atoms with Crippen molar-refractivity contribution in [2.24, 2.45) is 0 Å². The molecule has 1 aromatic carbocycles. The number of piperazine rings is 1. The van der Waals surface area contributed by atoms with Crippen LogP contribution in [0.25, 0.3) is 20.7 Å². The van der Waals surface area contributed by atoms with Crippen LogP contribution in [-0.2, 0) is 9.84 Å². The molecule has 2 saturated heterocycles. The Kier molecular flexibility index (Phi) is 4.57. The van der Waals surface area contributed by atoms with E-state index in [1.54, 1.807) is 17.7 Å². The fraction of sp³-hybridized carbons (Fsp3) is 0.400. The van der Waals surface area contributed by atoms with Gasteiger partial charge in [0.15, 0.2) is 9.84 Å². The molecule has 0 bridgehead atoms. The number of sulfone groups is 1. The van der Waals surface area contributed by atoms with Crippen LogP contribution in [0.3, 0.4) is 0 Å². The molecule has 146 valence electrons. The fourth-order valence-electron chi connectivity index (χ4n) is 4.37. The van der Waals surface area contributed by atoms with Gasteiger partial charge in [0.1, 0.15) is 28.8 Å². The Morgan fingerprint density at radius 2 is 1.89 bits per heavy atom. The van der Waals surface area contributed by atoms with Gasteiger partial charge in [-0.1, -0.05) is 30.3 Å². The number of thiophene rings is 1. The summed E-state index contributed by atoms with van der Waals surface area (Å²) >= 11 is 1.70. The van der Waals surface area contributed by atoms with E-state index in [9.17, 15) is 8.42 Å². The summed E-state index contributed by atoms with van der Waals surface area (Å²) in [6.45, 7) is 3.71. The van der Waals surface area contributed by atoms with Crippen molar-refractivity contribution < 1.29 is 13.3 Å². The predicted molar refractivity (Wildman–Crippen MR) is 113 cm³/mol. The Balaban J connectivity index is 1.36. The lowest BCUT2D eigenvalue weighted by atomic mass is 10.1. The van der Waals surface area contributed by atoms with Gasteiger partial charge in [0.2, 0.25) is 0 Å². The number of aromatic nitrogens is 2. The highest BCUT2D eigenvalue weighted by Crippen LogP contribution is 2.35. The molecule has 4 heterocycles. The van der Waals surface area contributed by atoms with Crippen LogP contribution in [0.4, 0.5) is 5.82 Å². The highest BCUT2D eigenvalue weighted by atomic mass is 32.2. The third-order valence-electron chi connectivity index (χ3n) is 5.88. The average molecular weight is 416 g/mol. The minimum absolute atomic E-state index is 0.267. The Hall–Kier alpha value is -2.03. The summed E-state index contributed by atoms with van der Waals surface area (Å²) in [4.78, 5) is 15.1. The van der Waals surface area contributed by atoms with Crippen molar-refractivity contribution >= 4 is 37.2 Å². The maximum atomic E-state index is 11.8. The van der Waals surface area contributed by atoms with Gasteiger partial charge in [0, 0.05) is 11.3 Å². The summed E-state index contributed by atoms with van der Waals surface area (Å²) in [6.07, 6.45) is 2.46. The van der Waals surface area contributed by atoms with Gasteiger partial charge in [-0.3, -0.25) is 0 Å². The molecule has 0 unspecified atom stereocenters. The van der Waals surface area contributed by atoms with Gasteiger partial charge in [-0.15, -0.1) is 11.3 Å². The second kappa shape index (κ2) is 7.09. The molecule has 1 atom stereocenters. The molecule has 8 heteroatoms. The molecule has 0 spiro atoms. The van der Waals surface area contributed by atoms with E-state index in [-0.39, 0.29) is 6.04 Å². The molecular formula is C20H23N4O2S2+. The van der Waals surface area contributed by atoms with Crippen LogP contribution in [-0.4, -0.2) is 62.1 Å². The highest BCUT2D eigenvalue weighted by molar-refractivity contribution is 7.91. The smallest absolute Gasteiger partial charge is 0.156 e. The summed E-state index contributed by atoms with van der Waals surface area (Å²) < 4.78 is 23.6. The van der Waals surface area contributed by atoms with Gasteiger partial charge in [-0.05, 0) is 11.6 Å². The zero-order valence-corrected chi connectivity index (χ0v) is 17.2. The lowest BCUT2D eigenvalue weighted by molar-refractivity contribution is -0.922. The van der Waals surface area contributed by atoms with Crippen LogP contribution in [0.15, 0.2) is 42.7 Å². The van der Waals surface area contributed by atoms with Gasteiger partial charge in [-0.25, -0.2) is 18.4 Å². The second-order valence-corrected chi connectivity index (χ2v) is 10.9. The van der Waals surface area contributed by atoms with Crippen LogP contribution in [0.5, 0.6) is 0 Å². The normalized spacial score (nSPS) is 22.7. The summed E-state index contributed by atoms with van der Waals surface area (Å²) in [5.74, 6) is 1.71. The van der Waals surface area contributed by atoms with E-state index in [2.05, 4.69) is 45.2 Å². The number of rotatable bonds is 3. The molecule has 3 aromatic rings. The first kappa shape index (κ1) is 18.0. The van der Waals surface area contributed by atoms with E-state index in [1.165, 1.54) is 15.3 Å². The third-order valence-corrected chi connectivity index (χ3v) is 8.74. The summed E-state index contributed by atoms with van der Waals surface area (Å²) in [5.41, 5.74) is 1.20. The van der Waals surface area contributed by atoms with Crippen LogP contribution in [0, 0.1) is 0 Å². The summed E-state index contributed by atoms with van der Waals surface area (Å²) in [6, 6.07) is 12.8. The minimum atomic E-state index is -2.82. The van der Waals surface area contributed by atoms with E-state index in [1.807, 2.05) is 6.07 Å². The topological polar surface area (TPSA) is 67.6 Å². The quantitative estimate of drug-likeness (QED) is 0.697. The monoisotopic (exact) mass is 415 g/mol. The van der Waals surface area contributed by atoms with Crippen molar-refractivity contribution in [2.75, 3.05) is 42.6 Å². The van der Waals surface area contributed by atoms with Crippen molar-refractivity contribution in [2.45, 2.75) is 12.5 Å². The Morgan fingerprint density at radius 3 is 2.61 bits per heavy atom. The SMILES string of the molecule is O=S1(=O)CC[C@H]([NH+]2CCN(c3ncnc4sc(-c5ccccc5)cc34)CC2)C1. The summed E-state index contributed by atoms with van der Waals surface area (Å²) in [5, 5.41) is 1.11. The van der Waals surface area contributed by atoms with Crippen LogP contribution >= 0.6 is 11.3 Å². The van der Waals surface area contributed by atoms with E-state index in [0.717, 1.165) is 48.6 Å². The molecule has 2 fully saturated rings. The lowest BCUT2D eigenvalue weighted by Crippen LogP contribution is -3.18. The largest absolute Gasteiger partial charge is 0.345 e. The first-order chi connectivity index (χ1) is 13.6. The number of nitrogens with one attached hydrogen (secondary N) is 1. The predicted octanol–water partition coefficient (Wildman–Crippen LogP) is 1.25. The number of hydrogen-bond donors (Lipinski definition) is 1. The van der Waals surface area contributed by atoms with Gasteiger partial charge in [-0.2, -0.15) is 0 Å². The maximum absolute atomic E-state index is 11.8. The number of benzene rings is 1. The molecule has 0 saturated carbocycles. The standard InChI is InChI=1S/C20H22N4O2S2/c25-28(26)11-6-16(13-28)23-7-9-24(10-8-23)19-17-12-18(15-4-2-1-3-5-15)27-20(17)22-14-21-19/h1-5,12,14,16H,6-11,13H2/p+1/t16-/m0/s1. The average Bonchev–Trinajstić information content (AvgIpc) is 3.32. The fourth-order valence-corrected chi connectivity index (χ4v) is 7.20. The molecule has 6 nitrogen and oxygen atoms in total. The van der Waals surface area contributed by atoms with Crippen molar-refractivity contribution in [3.8, 4) is 10.4 Å². The minimum Gasteiger partial charge on any atom is -0.345 e. The van der Waals surface area contributed by atoms with Crippen LogP contribution < -0.4 is 9.80 Å². The van der Waals surface area contributed by atoms with E-state index in [4.69, 9.17) is 0 Å². The van der Waals surface area contributed by atoms with Crippen molar-refractivity contribution in [1.82, 2.24) is 9.97 Å². The molecule has 0 radical (unpaired) electrons. The molecule has 1 N–H and O–H groups in total. The molecule has 0 aliphatic carbocycles. The van der Waals surface area contributed by atoms with Gasteiger partial charge in [0.05, 0.1) is 37.3 Å². The highest BCUT2D eigenvalue weighted by Gasteiger charge is 2.37. The summed E-state index contributed by atoms with van der Waals surface area (Å²) in [7, 11) is -2.82. The molecular weight excluding hydrogens is 392 g/mol. The van der Waals surface area contributed by atoms with Gasteiger partial charge < -0.3 is 9.80 Å². The molecule has 28 heavy (non-hydrogen) atoms. The van der Waals surface area contributed by atoms with Crippen molar-refractivity contribution in [3.63, 3.8) is 0 Å². The Labute approximate surface area is 168 Å². The van der Waals surface area contributed by atoms with Gasteiger partial charge >= 0.3 is 0 Å². The number of nitrogens with zero attached hydrogens (tertiary/aromatic N) is 3. The zero-order chi connectivity index (χ0) is 19.1. The number of fused-ring (bicyclic) bond motifs is 1. The van der Waals surface area contributed by atoms with Crippen LogP contribution in [0.2, 0.25) is 0 Å². The van der Waals surface area contributed by atoms with E-state index >= 15 is 0 Å². The van der Waals surface area contributed by atoms with E-state index < -0.39 is 9.84 Å². The second-order valence-electron chi connectivity index (χ2n) is 7.64. The van der Waals surface area contributed by atoms with Crippen molar-refractivity contribution in [3.05, 3.63) is 42.7 Å².